The molecule has 0 unspecified atom stereocenters. The Balaban J connectivity index is 2.57. The molecule has 0 aromatic rings. The molecule has 2 rings (SSSR count). The van der Waals surface area contributed by atoms with Crippen LogP contribution in [0.4, 0.5) is 4.79 Å². The van der Waals surface area contributed by atoms with E-state index in [1.165, 1.54) is 11.0 Å². The summed E-state index contributed by atoms with van der Waals surface area (Å²) in [6.45, 7) is 0.316. The van der Waals surface area contributed by atoms with E-state index in [-0.39, 0.29) is 5.03 Å². The van der Waals surface area contributed by atoms with E-state index in [0.717, 1.165) is 0 Å². The molecule has 0 spiro atoms. The largest absolute Gasteiger partial charge is 0.336 e. The Morgan fingerprint density at radius 1 is 1.50 bits per heavy atom. The van der Waals surface area contributed by atoms with E-state index in [1.807, 2.05) is 4.72 Å². The van der Waals surface area contributed by atoms with Gasteiger partial charge in [0.1, 0.15) is 0 Å². The van der Waals surface area contributed by atoms with Gasteiger partial charge in [0.15, 0.2) is 5.03 Å². The quantitative estimate of drug-likeness (QED) is 0.567. The van der Waals surface area contributed by atoms with Crippen LogP contribution in [0.5, 0.6) is 0 Å². The molecule has 0 aromatic carbocycles. The molecule has 2 amide bonds. The Labute approximate surface area is 69.4 Å². The molecule has 5 nitrogen and oxygen atoms in total. The third-order valence-corrected chi connectivity index (χ3v) is 3.02. The third-order valence-electron chi connectivity index (χ3n) is 1.67. The van der Waals surface area contributed by atoms with E-state index < -0.39 is 16.1 Å². The van der Waals surface area contributed by atoms with Crippen LogP contribution in [0.1, 0.15) is 0 Å². The molecule has 0 atom stereocenters. The summed E-state index contributed by atoms with van der Waals surface area (Å²) in [5.41, 5.74) is 0. The first kappa shape index (κ1) is 7.35. The molecule has 6 heteroatoms. The highest BCUT2D eigenvalue weighted by Gasteiger charge is 2.38. The monoisotopic (exact) mass is 186 g/mol. The maximum atomic E-state index is 11.1. The van der Waals surface area contributed by atoms with Gasteiger partial charge in [-0.15, -0.1) is 0 Å². The number of fused-ring (bicyclic) bond motifs is 1. The summed E-state index contributed by atoms with van der Waals surface area (Å²) >= 11 is 0. The molecule has 64 valence electrons. The van der Waals surface area contributed by atoms with Gasteiger partial charge in [0.2, 0.25) is 0 Å². The number of sulfonamides is 1. The Morgan fingerprint density at radius 3 is 2.92 bits per heavy atom. The summed E-state index contributed by atoms with van der Waals surface area (Å²) in [5, 5.41) is 0.0370. The van der Waals surface area contributed by atoms with Gasteiger partial charge < -0.3 is 0 Å². The first-order valence-electron chi connectivity index (χ1n) is 3.32. The lowest BCUT2D eigenvalue weighted by Crippen LogP contribution is -2.28. The minimum absolute atomic E-state index is 0.0370. The highest BCUT2D eigenvalue weighted by molar-refractivity contribution is 7.94. The van der Waals surface area contributed by atoms with Gasteiger partial charge in [-0.1, -0.05) is 12.2 Å². The van der Waals surface area contributed by atoms with E-state index in [0.29, 0.717) is 6.54 Å². The molecular weight excluding hydrogens is 180 g/mol. The minimum Gasteiger partial charge on any atom is -0.278 e. The van der Waals surface area contributed by atoms with Crippen LogP contribution >= 0.6 is 0 Å². The lowest BCUT2D eigenvalue weighted by Gasteiger charge is -2.13. The smallest absolute Gasteiger partial charge is 0.278 e. The van der Waals surface area contributed by atoms with Crippen molar-refractivity contribution in [2.24, 2.45) is 0 Å². The number of urea groups is 1. The topological polar surface area (TPSA) is 66.5 Å². The van der Waals surface area contributed by atoms with Crippen LogP contribution in [-0.2, 0) is 10.0 Å². The third kappa shape index (κ3) is 0.845. The lowest BCUT2D eigenvalue weighted by atomic mass is 10.4. The molecule has 2 heterocycles. The maximum absolute atomic E-state index is 11.1. The van der Waals surface area contributed by atoms with Crippen molar-refractivity contribution in [2.45, 2.75) is 0 Å². The van der Waals surface area contributed by atoms with Crippen LogP contribution in [0.2, 0.25) is 0 Å². The van der Waals surface area contributed by atoms with Crippen LogP contribution < -0.4 is 4.72 Å². The fourth-order valence-corrected chi connectivity index (χ4v) is 2.29. The number of rotatable bonds is 0. The van der Waals surface area contributed by atoms with Crippen molar-refractivity contribution >= 4 is 16.1 Å². The van der Waals surface area contributed by atoms with Crippen molar-refractivity contribution in [2.75, 3.05) is 6.54 Å². The zero-order valence-corrected chi connectivity index (χ0v) is 6.84. The molecule has 2 aliphatic rings. The summed E-state index contributed by atoms with van der Waals surface area (Å²) in [5.74, 6) is 0. The predicted molar refractivity (Wildman–Crippen MR) is 41.4 cm³/mol. The van der Waals surface area contributed by atoms with E-state index in [4.69, 9.17) is 0 Å². The van der Waals surface area contributed by atoms with Crippen molar-refractivity contribution in [1.29, 1.82) is 0 Å². The number of amides is 2. The van der Waals surface area contributed by atoms with Gasteiger partial charge in [0, 0.05) is 6.54 Å². The summed E-state index contributed by atoms with van der Waals surface area (Å²) in [6.07, 6.45) is 4.73. The number of nitrogens with one attached hydrogen (secondary N) is 1. The number of allylic oxidation sites excluding steroid dienone is 2. The zero-order valence-electron chi connectivity index (χ0n) is 6.02. The molecule has 1 saturated heterocycles. The van der Waals surface area contributed by atoms with Gasteiger partial charge in [-0.05, 0) is 6.08 Å². The second kappa shape index (κ2) is 2.10. The molecule has 12 heavy (non-hydrogen) atoms. The highest BCUT2D eigenvalue weighted by atomic mass is 32.2. The first-order valence-corrected chi connectivity index (χ1v) is 4.81. The van der Waals surface area contributed by atoms with Gasteiger partial charge in [-0.25, -0.2) is 9.52 Å². The normalized spacial score (nSPS) is 24.8. The summed E-state index contributed by atoms with van der Waals surface area (Å²) in [4.78, 5) is 12.2. The van der Waals surface area contributed by atoms with E-state index in [2.05, 4.69) is 0 Å². The number of nitrogens with zero attached hydrogens (tertiary/aromatic N) is 1. The molecule has 1 fully saturated rings. The van der Waals surface area contributed by atoms with Crippen molar-refractivity contribution in [3.8, 4) is 0 Å². The van der Waals surface area contributed by atoms with Crippen molar-refractivity contribution < 1.29 is 13.2 Å². The standard InChI is InChI=1S/C6H6N2O3S/c9-6-7-12(10,11)5-3-1-2-4-8(5)6/h1-3H,4H2,(H,7,9). The van der Waals surface area contributed by atoms with Crippen LogP contribution in [-0.4, -0.2) is 25.9 Å². The lowest BCUT2D eigenvalue weighted by molar-refractivity contribution is 0.226. The van der Waals surface area contributed by atoms with Crippen molar-refractivity contribution in [3.63, 3.8) is 0 Å². The molecule has 0 saturated carbocycles. The van der Waals surface area contributed by atoms with Gasteiger partial charge in [-0.3, -0.25) is 4.90 Å². The Kier molecular flexibility index (Phi) is 1.29. The molecule has 0 bridgehead atoms. The molecule has 0 radical (unpaired) electrons. The van der Waals surface area contributed by atoms with Gasteiger partial charge in [0.05, 0.1) is 0 Å². The fourth-order valence-electron chi connectivity index (χ4n) is 1.14. The fraction of sp³-hybridized carbons (Fsp3) is 0.167. The summed E-state index contributed by atoms with van der Waals surface area (Å²) in [7, 11) is -3.56. The summed E-state index contributed by atoms with van der Waals surface area (Å²) < 4.78 is 24.1. The number of carbonyl (C=O) groups excluding carboxylic acids is 1. The van der Waals surface area contributed by atoms with Gasteiger partial charge in [-0.2, -0.15) is 8.42 Å². The van der Waals surface area contributed by atoms with Crippen LogP contribution in [0, 0.1) is 0 Å². The van der Waals surface area contributed by atoms with E-state index in [9.17, 15) is 13.2 Å². The average molecular weight is 186 g/mol. The van der Waals surface area contributed by atoms with Crippen LogP contribution in [0.15, 0.2) is 23.3 Å². The van der Waals surface area contributed by atoms with Gasteiger partial charge in [0.25, 0.3) is 10.0 Å². The van der Waals surface area contributed by atoms with Crippen molar-refractivity contribution in [3.05, 3.63) is 23.3 Å². The van der Waals surface area contributed by atoms with E-state index in [1.54, 1.807) is 12.2 Å². The molecule has 0 aliphatic carbocycles. The summed E-state index contributed by atoms with van der Waals surface area (Å²) in [6, 6.07) is -0.578. The molecular formula is C6H6N2O3S. The molecule has 2 aliphatic heterocycles. The van der Waals surface area contributed by atoms with E-state index >= 15 is 0 Å². The average Bonchev–Trinajstić information content (AvgIpc) is 2.25. The van der Waals surface area contributed by atoms with Crippen LogP contribution in [0.25, 0.3) is 0 Å². The van der Waals surface area contributed by atoms with Crippen molar-refractivity contribution in [1.82, 2.24) is 9.62 Å². The maximum Gasteiger partial charge on any atom is 0.336 e. The Morgan fingerprint density at radius 2 is 2.25 bits per heavy atom. The minimum atomic E-state index is -3.56. The SMILES string of the molecule is O=C1NS(=O)(=O)C2=CC=CCN12. The highest BCUT2D eigenvalue weighted by Crippen LogP contribution is 2.21. The predicted octanol–water partition coefficient (Wildman–Crippen LogP) is -0.247. The molecule has 1 N–H and O–H groups in total. The van der Waals surface area contributed by atoms with Gasteiger partial charge >= 0.3 is 6.03 Å². The Bertz CT molecular complexity index is 393. The number of hydrogen-bond donors (Lipinski definition) is 1. The first-order chi connectivity index (χ1) is 5.61. The molecule has 0 aromatic heterocycles. The number of hydrogen-bond acceptors (Lipinski definition) is 3. The number of carbonyl (C=O) groups is 1. The second-order valence-corrected chi connectivity index (χ2v) is 4.08. The zero-order chi connectivity index (χ0) is 8.77. The van der Waals surface area contributed by atoms with Crippen LogP contribution in [0.3, 0.4) is 0 Å². The second-order valence-electron chi connectivity index (χ2n) is 2.45. The Hall–Kier alpha value is -1.30.